The SMILES string of the molecule is CC(C)(CNC(=O)CN)c1ccc2c(c1)OCCO2. The van der Waals surface area contributed by atoms with Crippen LogP contribution in [0.3, 0.4) is 0 Å². The van der Waals surface area contributed by atoms with Crippen LogP contribution in [0.5, 0.6) is 11.5 Å². The highest BCUT2D eigenvalue weighted by Crippen LogP contribution is 2.34. The number of benzene rings is 1. The lowest BCUT2D eigenvalue weighted by Gasteiger charge is -2.27. The molecule has 0 aliphatic carbocycles. The van der Waals surface area contributed by atoms with E-state index in [0.717, 1.165) is 17.1 Å². The molecule has 1 aliphatic heterocycles. The second-order valence-corrected chi connectivity index (χ2v) is 5.22. The molecule has 2 rings (SSSR count). The fraction of sp³-hybridized carbons (Fsp3) is 0.500. The molecule has 1 aliphatic rings. The Morgan fingerprint density at radius 3 is 2.68 bits per heavy atom. The van der Waals surface area contributed by atoms with Gasteiger partial charge in [0.05, 0.1) is 6.54 Å². The second kappa shape index (κ2) is 5.48. The number of nitrogens with one attached hydrogen (secondary N) is 1. The number of carbonyl (C=O) groups is 1. The number of hydrogen-bond acceptors (Lipinski definition) is 4. The summed E-state index contributed by atoms with van der Waals surface area (Å²) in [6.45, 7) is 5.83. The first-order valence-electron chi connectivity index (χ1n) is 6.40. The van der Waals surface area contributed by atoms with Gasteiger partial charge in [0.1, 0.15) is 13.2 Å². The number of carbonyl (C=O) groups excluding carboxylic acids is 1. The van der Waals surface area contributed by atoms with Crippen molar-refractivity contribution in [3.63, 3.8) is 0 Å². The first-order valence-corrected chi connectivity index (χ1v) is 6.40. The van der Waals surface area contributed by atoms with Crippen LogP contribution >= 0.6 is 0 Å². The van der Waals surface area contributed by atoms with Gasteiger partial charge in [0.2, 0.25) is 5.91 Å². The van der Waals surface area contributed by atoms with Crippen LogP contribution in [-0.4, -0.2) is 32.2 Å². The number of ether oxygens (including phenoxy) is 2. The lowest BCUT2D eigenvalue weighted by Crippen LogP contribution is -2.39. The molecule has 5 heteroatoms. The van der Waals surface area contributed by atoms with Gasteiger partial charge >= 0.3 is 0 Å². The number of amides is 1. The standard InChI is InChI=1S/C14H20N2O3/c1-14(2,9-16-13(17)8-15)10-3-4-11-12(7-10)19-6-5-18-11/h3-4,7H,5-6,8-9,15H2,1-2H3,(H,16,17). The van der Waals surface area contributed by atoms with E-state index in [1.807, 2.05) is 18.2 Å². The summed E-state index contributed by atoms with van der Waals surface area (Å²) in [4.78, 5) is 11.2. The Kier molecular flexibility index (Phi) is 3.95. The summed E-state index contributed by atoms with van der Waals surface area (Å²) in [5, 5.41) is 2.82. The van der Waals surface area contributed by atoms with Gasteiger partial charge in [-0.25, -0.2) is 0 Å². The topological polar surface area (TPSA) is 73.6 Å². The van der Waals surface area contributed by atoms with Gasteiger partial charge in [-0.05, 0) is 17.7 Å². The quantitative estimate of drug-likeness (QED) is 0.844. The van der Waals surface area contributed by atoms with E-state index in [-0.39, 0.29) is 17.9 Å². The first kappa shape index (κ1) is 13.7. The average molecular weight is 264 g/mol. The van der Waals surface area contributed by atoms with Crippen molar-refractivity contribution in [3.8, 4) is 11.5 Å². The molecule has 5 nitrogen and oxygen atoms in total. The lowest BCUT2D eigenvalue weighted by atomic mass is 9.84. The molecule has 3 N–H and O–H groups in total. The summed E-state index contributed by atoms with van der Waals surface area (Å²) in [5.74, 6) is 1.39. The Labute approximate surface area is 113 Å². The Hall–Kier alpha value is -1.75. The number of nitrogens with two attached hydrogens (primary N) is 1. The predicted octanol–water partition coefficient (Wildman–Crippen LogP) is 0.810. The largest absolute Gasteiger partial charge is 0.486 e. The molecule has 1 aromatic rings. The van der Waals surface area contributed by atoms with Gasteiger partial charge in [-0.3, -0.25) is 4.79 Å². The second-order valence-electron chi connectivity index (χ2n) is 5.22. The zero-order valence-corrected chi connectivity index (χ0v) is 11.4. The van der Waals surface area contributed by atoms with Gasteiger partial charge in [-0.2, -0.15) is 0 Å². The third-order valence-corrected chi connectivity index (χ3v) is 3.24. The van der Waals surface area contributed by atoms with E-state index in [1.165, 1.54) is 0 Å². The summed E-state index contributed by atoms with van der Waals surface area (Å²) in [7, 11) is 0. The molecule has 0 atom stereocenters. The molecule has 0 unspecified atom stereocenters. The maximum absolute atomic E-state index is 11.2. The molecule has 0 aromatic heterocycles. The molecular weight excluding hydrogens is 244 g/mol. The molecule has 1 amide bonds. The number of fused-ring (bicyclic) bond motifs is 1. The van der Waals surface area contributed by atoms with Gasteiger partial charge < -0.3 is 20.5 Å². The number of hydrogen-bond donors (Lipinski definition) is 2. The van der Waals surface area contributed by atoms with Gasteiger partial charge in [-0.1, -0.05) is 19.9 Å². The van der Waals surface area contributed by atoms with Gasteiger partial charge in [-0.15, -0.1) is 0 Å². The van der Waals surface area contributed by atoms with Crippen molar-refractivity contribution in [1.82, 2.24) is 5.32 Å². The minimum Gasteiger partial charge on any atom is -0.486 e. The third-order valence-electron chi connectivity index (χ3n) is 3.24. The molecule has 0 radical (unpaired) electrons. The average Bonchev–Trinajstić information content (AvgIpc) is 2.44. The first-order chi connectivity index (χ1) is 9.03. The highest BCUT2D eigenvalue weighted by atomic mass is 16.6. The molecule has 0 fully saturated rings. The van der Waals surface area contributed by atoms with E-state index in [1.54, 1.807) is 0 Å². The van der Waals surface area contributed by atoms with Crippen LogP contribution < -0.4 is 20.5 Å². The molecule has 0 spiro atoms. The van der Waals surface area contributed by atoms with E-state index in [4.69, 9.17) is 15.2 Å². The Morgan fingerprint density at radius 2 is 2.00 bits per heavy atom. The molecular formula is C14H20N2O3. The van der Waals surface area contributed by atoms with E-state index in [2.05, 4.69) is 19.2 Å². The highest BCUT2D eigenvalue weighted by molar-refractivity contribution is 5.77. The van der Waals surface area contributed by atoms with Crippen LogP contribution in [0, 0.1) is 0 Å². The van der Waals surface area contributed by atoms with E-state index < -0.39 is 0 Å². The molecule has 104 valence electrons. The van der Waals surface area contributed by atoms with E-state index in [9.17, 15) is 4.79 Å². The minimum atomic E-state index is -0.194. The zero-order chi connectivity index (χ0) is 13.9. The fourth-order valence-electron chi connectivity index (χ4n) is 1.96. The van der Waals surface area contributed by atoms with Crippen LogP contribution in [0.25, 0.3) is 0 Å². The fourth-order valence-corrected chi connectivity index (χ4v) is 1.96. The smallest absolute Gasteiger partial charge is 0.233 e. The van der Waals surface area contributed by atoms with Crippen LogP contribution in [0.2, 0.25) is 0 Å². The van der Waals surface area contributed by atoms with Crippen LogP contribution in [0.4, 0.5) is 0 Å². The molecule has 0 saturated heterocycles. The number of rotatable bonds is 4. The van der Waals surface area contributed by atoms with Crippen molar-refractivity contribution < 1.29 is 14.3 Å². The molecule has 0 bridgehead atoms. The summed E-state index contributed by atoms with van der Waals surface area (Å²) in [6.07, 6.45) is 0. The highest BCUT2D eigenvalue weighted by Gasteiger charge is 2.23. The van der Waals surface area contributed by atoms with Gasteiger partial charge in [0.25, 0.3) is 0 Å². The van der Waals surface area contributed by atoms with Crippen molar-refractivity contribution >= 4 is 5.91 Å². The predicted molar refractivity (Wildman–Crippen MR) is 72.5 cm³/mol. The molecule has 19 heavy (non-hydrogen) atoms. The van der Waals surface area contributed by atoms with Crippen molar-refractivity contribution in [2.24, 2.45) is 5.73 Å². The molecule has 1 heterocycles. The monoisotopic (exact) mass is 264 g/mol. The van der Waals surface area contributed by atoms with E-state index >= 15 is 0 Å². The summed E-state index contributed by atoms with van der Waals surface area (Å²) >= 11 is 0. The normalized spacial score (nSPS) is 14.1. The maximum atomic E-state index is 11.2. The summed E-state index contributed by atoms with van der Waals surface area (Å²) in [6, 6.07) is 5.89. The van der Waals surface area contributed by atoms with Gasteiger partial charge in [0, 0.05) is 12.0 Å². The van der Waals surface area contributed by atoms with Crippen LogP contribution in [0.1, 0.15) is 19.4 Å². The minimum absolute atomic E-state index is 0.0111. The Balaban J connectivity index is 2.13. The maximum Gasteiger partial charge on any atom is 0.233 e. The summed E-state index contributed by atoms with van der Waals surface area (Å²) in [5.41, 5.74) is 6.18. The van der Waals surface area contributed by atoms with Crippen LogP contribution in [-0.2, 0) is 10.2 Å². The zero-order valence-electron chi connectivity index (χ0n) is 11.4. The van der Waals surface area contributed by atoms with Crippen LogP contribution in [0.15, 0.2) is 18.2 Å². The van der Waals surface area contributed by atoms with Crippen molar-refractivity contribution in [2.75, 3.05) is 26.3 Å². The van der Waals surface area contributed by atoms with Crippen molar-refractivity contribution in [2.45, 2.75) is 19.3 Å². The van der Waals surface area contributed by atoms with Crippen molar-refractivity contribution in [3.05, 3.63) is 23.8 Å². The van der Waals surface area contributed by atoms with Crippen molar-refractivity contribution in [1.29, 1.82) is 0 Å². The Morgan fingerprint density at radius 1 is 1.32 bits per heavy atom. The Bertz CT molecular complexity index is 472. The summed E-state index contributed by atoms with van der Waals surface area (Å²) < 4.78 is 11.1. The molecule has 0 saturated carbocycles. The van der Waals surface area contributed by atoms with Gasteiger partial charge in [0.15, 0.2) is 11.5 Å². The molecule has 1 aromatic carbocycles. The van der Waals surface area contributed by atoms with E-state index in [0.29, 0.717) is 19.8 Å². The lowest BCUT2D eigenvalue weighted by molar-refractivity contribution is -0.119. The third kappa shape index (κ3) is 3.17.